The first kappa shape index (κ1) is 17.7. The molecule has 1 aromatic carbocycles. The van der Waals surface area contributed by atoms with E-state index in [1.807, 2.05) is 6.92 Å². The Morgan fingerprint density at radius 3 is 2.05 bits per heavy atom. The lowest BCUT2D eigenvalue weighted by Gasteiger charge is -2.25. The van der Waals surface area contributed by atoms with Gasteiger partial charge in [-0.25, -0.2) is 4.79 Å². The van der Waals surface area contributed by atoms with Crippen LogP contribution in [0.2, 0.25) is 0 Å². The van der Waals surface area contributed by atoms with E-state index in [2.05, 4.69) is 5.32 Å². The molecule has 0 bridgehead atoms. The van der Waals surface area contributed by atoms with E-state index >= 15 is 0 Å². The van der Waals surface area contributed by atoms with Crippen LogP contribution in [0.5, 0.6) is 0 Å². The molecule has 0 aliphatic rings. The van der Waals surface area contributed by atoms with Crippen molar-refractivity contribution in [1.29, 1.82) is 0 Å². The minimum atomic E-state index is -1.30. The first-order valence-corrected chi connectivity index (χ1v) is 7.09. The number of rotatable bonds is 6. The van der Waals surface area contributed by atoms with Crippen molar-refractivity contribution in [3.8, 4) is 0 Å². The van der Waals surface area contributed by atoms with Crippen LogP contribution < -0.4 is 5.32 Å². The number of carbonyl (C=O) groups is 3. The average Bonchev–Trinajstić information content (AvgIpc) is 2.46. The molecule has 0 spiro atoms. The van der Waals surface area contributed by atoms with Gasteiger partial charge >= 0.3 is 5.97 Å². The fourth-order valence-electron chi connectivity index (χ4n) is 2.07. The maximum atomic E-state index is 12.2. The molecule has 0 aromatic heterocycles. The van der Waals surface area contributed by atoms with Crippen molar-refractivity contribution in [2.24, 2.45) is 0 Å². The number of benzene rings is 1. The Morgan fingerprint density at radius 2 is 1.64 bits per heavy atom. The van der Waals surface area contributed by atoms with Gasteiger partial charge in [-0.1, -0.05) is 13.3 Å². The Balaban J connectivity index is 2.90. The summed E-state index contributed by atoms with van der Waals surface area (Å²) in [7, 11) is 3.29. The molecule has 0 saturated heterocycles. The molecule has 6 heteroatoms. The molecule has 0 radical (unpaired) electrons. The molecule has 1 atom stereocenters. The van der Waals surface area contributed by atoms with E-state index in [9.17, 15) is 19.5 Å². The van der Waals surface area contributed by atoms with E-state index in [1.165, 1.54) is 24.0 Å². The molecule has 0 fully saturated rings. The molecule has 1 aromatic rings. The normalized spacial score (nSPS) is 13.1. The van der Waals surface area contributed by atoms with E-state index in [4.69, 9.17) is 0 Å². The summed E-state index contributed by atoms with van der Waals surface area (Å²) >= 11 is 0. The molecule has 2 amide bonds. The number of hydrogen-bond donors (Lipinski definition) is 2. The first-order chi connectivity index (χ1) is 10.2. The number of carboxylic acid groups (broad SMARTS) is 1. The summed E-state index contributed by atoms with van der Waals surface area (Å²) in [6, 6.07) is 6.13. The number of aliphatic carboxylic acids is 1. The number of amides is 2. The lowest BCUT2D eigenvalue weighted by molar-refractivity contribution is -0.144. The van der Waals surface area contributed by atoms with E-state index in [0.29, 0.717) is 24.0 Å². The van der Waals surface area contributed by atoms with Gasteiger partial charge in [-0.15, -0.1) is 0 Å². The zero-order chi connectivity index (χ0) is 16.9. The van der Waals surface area contributed by atoms with Crippen LogP contribution in [0.25, 0.3) is 0 Å². The van der Waals surface area contributed by atoms with Gasteiger partial charge in [-0.2, -0.15) is 0 Å². The lowest BCUT2D eigenvalue weighted by Crippen LogP contribution is -2.52. The summed E-state index contributed by atoms with van der Waals surface area (Å²) in [4.78, 5) is 36.7. The van der Waals surface area contributed by atoms with Crippen LogP contribution in [0.4, 0.5) is 0 Å². The van der Waals surface area contributed by atoms with Gasteiger partial charge in [0.25, 0.3) is 11.8 Å². The summed E-state index contributed by atoms with van der Waals surface area (Å²) < 4.78 is 0. The highest BCUT2D eigenvalue weighted by Crippen LogP contribution is 2.14. The topological polar surface area (TPSA) is 86.7 Å². The largest absolute Gasteiger partial charge is 0.480 e. The summed E-state index contributed by atoms with van der Waals surface area (Å²) in [5.74, 6) is -1.70. The van der Waals surface area contributed by atoms with E-state index < -0.39 is 17.4 Å². The Morgan fingerprint density at radius 1 is 1.14 bits per heavy atom. The molecule has 6 nitrogen and oxygen atoms in total. The summed E-state index contributed by atoms with van der Waals surface area (Å²) in [5.41, 5.74) is -0.515. The number of nitrogens with one attached hydrogen (secondary N) is 1. The zero-order valence-corrected chi connectivity index (χ0v) is 13.3. The molecule has 120 valence electrons. The van der Waals surface area contributed by atoms with E-state index in [1.54, 1.807) is 26.2 Å². The Bertz CT molecular complexity index is 566. The SMILES string of the molecule is CCCC(C)(NC(=O)c1ccc(C(=O)N(C)C)cc1)C(=O)O. The monoisotopic (exact) mass is 306 g/mol. The number of carbonyl (C=O) groups excluding carboxylic acids is 2. The van der Waals surface area contributed by atoms with Crippen molar-refractivity contribution >= 4 is 17.8 Å². The minimum absolute atomic E-state index is 0.159. The predicted octanol–water partition coefficient (Wildman–Crippen LogP) is 1.76. The first-order valence-electron chi connectivity index (χ1n) is 7.09. The van der Waals surface area contributed by atoms with Crippen LogP contribution in [-0.2, 0) is 4.79 Å². The standard InChI is InChI=1S/C16H22N2O4/c1-5-10-16(2,15(21)22)17-13(19)11-6-8-12(9-7-11)14(20)18(3)4/h6-9H,5,10H2,1-4H3,(H,17,19)(H,21,22). The second-order valence-corrected chi connectivity index (χ2v) is 5.62. The molecule has 0 aliphatic heterocycles. The van der Waals surface area contributed by atoms with Gasteiger partial charge in [0.2, 0.25) is 0 Å². The second-order valence-electron chi connectivity index (χ2n) is 5.62. The summed E-state index contributed by atoms with van der Waals surface area (Å²) in [6.07, 6.45) is 0.977. The highest BCUT2D eigenvalue weighted by Gasteiger charge is 2.34. The van der Waals surface area contributed by atoms with Crippen molar-refractivity contribution in [2.75, 3.05) is 14.1 Å². The highest BCUT2D eigenvalue weighted by molar-refractivity contribution is 5.99. The van der Waals surface area contributed by atoms with Crippen LogP contribution in [0.1, 0.15) is 47.4 Å². The smallest absolute Gasteiger partial charge is 0.329 e. The predicted molar refractivity (Wildman–Crippen MR) is 82.9 cm³/mol. The van der Waals surface area contributed by atoms with Gasteiger partial charge in [-0.3, -0.25) is 9.59 Å². The quantitative estimate of drug-likeness (QED) is 0.838. The maximum Gasteiger partial charge on any atom is 0.329 e. The molecule has 0 saturated carbocycles. The van der Waals surface area contributed by atoms with Crippen LogP contribution in [0.3, 0.4) is 0 Å². The van der Waals surface area contributed by atoms with Gasteiger partial charge in [0, 0.05) is 25.2 Å². The Hall–Kier alpha value is -2.37. The highest BCUT2D eigenvalue weighted by atomic mass is 16.4. The van der Waals surface area contributed by atoms with Crippen LogP contribution >= 0.6 is 0 Å². The molecule has 22 heavy (non-hydrogen) atoms. The third kappa shape index (κ3) is 4.07. The lowest BCUT2D eigenvalue weighted by atomic mass is 9.95. The molecule has 0 heterocycles. The number of carboxylic acids is 1. The van der Waals surface area contributed by atoms with Crippen molar-refractivity contribution in [2.45, 2.75) is 32.2 Å². The third-order valence-electron chi connectivity index (χ3n) is 3.41. The van der Waals surface area contributed by atoms with Crippen LogP contribution in [0.15, 0.2) is 24.3 Å². The summed E-state index contributed by atoms with van der Waals surface area (Å²) in [5, 5.41) is 11.8. The second kappa shape index (κ2) is 7.06. The molecular weight excluding hydrogens is 284 g/mol. The molecule has 1 unspecified atom stereocenters. The van der Waals surface area contributed by atoms with Gasteiger partial charge < -0.3 is 15.3 Å². The fraction of sp³-hybridized carbons (Fsp3) is 0.438. The van der Waals surface area contributed by atoms with Crippen molar-refractivity contribution in [1.82, 2.24) is 10.2 Å². The van der Waals surface area contributed by atoms with Crippen molar-refractivity contribution < 1.29 is 19.5 Å². The molecule has 2 N–H and O–H groups in total. The zero-order valence-electron chi connectivity index (χ0n) is 13.3. The van der Waals surface area contributed by atoms with Crippen molar-refractivity contribution in [3.63, 3.8) is 0 Å². The van der Waals surface area contributed by atoms with Gasteiger partial charge in [-0.05, 0) is 37.6 Å². The Labute approximate surface area is 130 Å². The third-order valence-corrected chi connectivity index (χ3v) is 3.41. The van der Waals surface area contributed by atoms with Crippen molar-refractivity contribution in [3.05, 3.63) is 35.4 Å². The minimum Gasteiger partial charge on any atom is -0.480 e. The fourth-order valence-corrected chi connectivity index (χ4v) is 2.07. The van der Waals surface area contributed by atoms with Gasteiger partial charge in [0.15, 0.2) is 0 Å². The van der Waals surface area contributed by atoms with Crippen LogP contribution in [0, 0.1) is 0 Å². The summed E-state index contributed by atoms with van der Waals surface area (Å²) in [6.45, 7) is 3.34. The molecule has 0 aliphatic carbocycles. The Kier molecular flexibility index (Phi) is 5.68. The van der Waals surface area contributed by atoms with Gasteiger partial charge in [0.05, 0.1) is 0 Å². The maximum absolute atomic E-state index is 12.2. The number of hydrogen-bond acceptors (Lipinski definition) is 3. The van der Waals surface area contributed by atoms with E-state index in [-0.39, 0.29) is 5.91 Å². The average molecular weight is 306 g/mol. The number of nitrogens with zero attached hydrogens (tertiary/aromatic N) is 1. The van der Waals surface area contributed by atoms with Gasteiger partial charge in [0.1, 0.15) is 5.54 Å². The molecule has 1 rings (SSSR count). The van der Waals surface area contributed by atoms with E-state index in [0.717, 1.165) is 0 Å². The molecular formula is C16H22N2O4. The van der Waals surface area contributed by atoms with Crippen LogP contribution in [-0.4, -0.2) is 47.4 Å².